The van der Waals surface area contributed by atoms with E-state index >= 15 is 0 Å². The van der Waals surface area contributed by atoms with Crippen molar-refractivity contribution in [2.75, 3.05) is 6.61 Å². The lowest BCUT2D eigenvalue weighted by atomic mass is 10.1. The maximum Gasteiger partial charge on any atom is 0.333 e. The Kier molecular flexibility index (Phi) is 9.49. The number of carboxylic acid groups (broad SMARTS) is 1. The van der Waals surface area contributed by atoms with Gasteiger partial charge in [-0.05, 0) is 25.7 Å². The fourth-order valence-electron chi connectivity index (χ4n) is 1.40. The molecule has 1 N–H and O–H groups in total. The van der Waals surface area contributed by atoms with Crippen molar-refractivity contribution in [3.05, 3.63) is 23.8 Å². The van der Waals surface area contributed by atoms with Crippen molar-refractivity contribution in [2.45, 2.75) is 52.4 Å². The molecular formula is C15H24O4. The number of ether oxygens (including phenoxy) is 1. The van der Waals surface area contributed by atoms with Gasteiger partial charge in [-0.3, -0.25) is 0 Å². The van der Waals surface area contributed by atoms with Gasteiger partial charge in [-0.15, -0.1) is 0 Å². The first-order chi connectivity index (χ1) is 9.02. The second-order valence-electron chi connectivity index (χ2n) is 4.44. The molecule has 0 atom stereocenters. The van der Waals surface area contributed by atoms with Gasteiger partial charge in [0, 0.05) is 11.1 Å². The minimum Gasteiger partial charge on any atom is -0.478 e. The van der Waals surface area contributed by atoms with Gasteiger partial charge in [0.15, 0.2) is 0 Å². The highest BCUT2D eigenvalue weighted by atomic mass is 16.5. The van der Waals surface area contributed by atoms with Crippen LogP contribution in [0.3, 0.4) is 0 Å². The summed E-state index contributed by atoms with van der Waals surface area (Å²) >= 11 is 0. The summed E-state index contributed by atoms with van der Waals surface area (Å²) < 4.78 is 5.00. The summed E-state index contributed by atoms with van der Waals surface area (Å²) in [4.78, 5) is 22.5. The molecule has 0 unspecified atom stereocenters. The van der Waals surface area contributed by atoms with Crippen LogP contribution in [0, 0.1) is 0 Å². The van der Waals surface area contributed by atoms with Gasteiger partial charge in [0.1, 0.15) is 0 Å². The lowest BCUT2D eigenvalue weighted by Crippen LogP contribution is -2.08. The van der Waals surface area contributed by atoms with Gasteiger partial charge in [0.25, 0.3) is 0 Å². The molecule has 0 saturated carbocycles. The van der Waals surface area contributed by atoms with Crippen molar-refractivity contribution in [2.24, 2.45) is 0 Å². The average Bonchev–Trinajstić information content (AvgIpc) is 2.38. The Hall–Kier alpha value is -1.58. The standard InChI is InChI=1S/C15H24O4/c1-4-6-8-13(14(16)17)10-9-12(3)15(18)19-11-7-5-2/h10H,3-9,11H2,1-2H3,(H,16,17). The first-order valence-electron chi connectivity index (χ1n) is 6.80. The van der Waals surface area contributed by atoms with E-state index in [0.717, 1.165) is 25.7 Å². The second kappa shape index (κ2) is 10.4. The highest BCUT2D eigenvalue weighted by molar-refractivity contribution is 5.89. The van der Waals surface area contributed by atoms with Crippen LogP contribution in [0.15, 0.2) is 23.8 Å². The molecule has 4 nitrogen and oxygen atoms in total. The van der Waals surface area contributed by atoms with Gasteiger partial charge in [-0.25, -0.2) is 9.59 Å². The lowest BCUT2D eigenvalue weighted by molar-refractivity contribution is -0.139. The number of carbonyl (C=O) groups excluding carboxylic acids is 1. The molecule has 0 bridgehead atoms. The van der Waals surface area contributed by atoms with Gasteiger partial charge >= 0.3 is 11.9 Å². The first-order valence-corrected chi connectivity index (χ1v) is 6.80. The molecule has 0 saturated heterocycles. The molecule has 0 spiro atoms. The van der Waals surface area contributed by atoms with Crippen LogP contribution < -0.4 is 0 Å². The predicted molar refractivity (Wildman–Crippen MR) is 74.9 cm³/mol. The number of esters is 1. The zero-order valence-corrected chi connectivity index (χ0v) is 11.9. The van der Waals surface area contributed by atoms with Gasteiger partial charge in [-0.2, -0.15) is 0 Å². The lowest BCUT2D eigenvalue weighted by Gasteiger charge is -2.05. The Morgan fingerprint density at radius 2 is 1.84 bits per heavy atom. The summed E-state index contributed by atoms with van der Waals surface area (Å²) in [6, 6.07) is 0. The van der Waals surface area contributed by atoms with E-state index in [1.54, 1.807) is 6.08 Å². The third-order valence-electron chi connectivity index (χ3n) is 2.69. The Morgan fingerprint density at radius 3 is 2.37 bits per heavy atom. The molecule has 0 aliphatic heterocycles. The van der Waals surface area contributed by atoms with E-state index in [0.29, 0.717) is 24.2 Å². The van der Waals surface area contributed by atoms with Gasteiger partial charge in [0.2, 0.25) is 0 Å². The smallest absolute Gasteiger partial charge is 0.333 e. The van der Waals surface area contributed by atoms with Gasteiger partial charge < -0.3 is 9.84 Å². The second-order valence-corrected chi connectivity index (χ2v) is 4.44. The van der Waals surface area contributed by atoms with E-state index in [4.69, 9.17) is 9.84 Å². The van der Waals surface area contributed by atoms with E-state index in [9.17, 15) is 9.59 Å². The van der Waals surface area contributed by atoms with Crippen LogP contribution in [0.5, 0.6) is 0 Å². The van der Waals surface area contributed by atoms with Crippen LogP contribution >= 0.6 is 0 Å². The van der Waals surface area contributed by atoms with Crippen molar-refractivity contribution in [3.63, 3.8) is 0 Å². The minimum atomic E-state index is -0.930. The van der Waals surface area contributed by atoms with E-state index in [1.165, 1.54) is 0 Å². The molecule has 4 heteroatoms. The number of aliphatic carboxylic acids is 1. The van der Waals surface area contributed by atoms with Crippen molar-refractivity contribution in [1.82, 2.24) is 0 Å². The molecule has 0 radical (unpaired) electrons. The molecule has 0 aromatic rings. The molecule has 108 valence electrons. The number of allylic oxidation sites excluding steroid dienone is 1. The molecule has 0 fully saturated rings. The summed E-state index contributed by atoms with van der Waals surface area (Å²) in [6.45, 7) is 8.04. The molecule has 0 amide bonds. The number of rotatable bonds is 10. The van der Waals surface area contributed by atoms with Gasteiger partial charge in [0.05, 0.1) is 6.61 Å². The van der Waals surface area contributed by atoms with E-state index in [2.05, 4.69) is 6.58 Å². The third-order valence-corrected chi connectivity index (χ3v) is 2.69. The predicted octanol–water partition coefficient (Wildman–Crippen LogP) is 3.48. The summed E-state index contributed by atoms with van der Waals surface area (Å²) in [5, 5.41) is 9.01. The zero-order chi connectivity index (χ0) is 14.7. The number of carbonyl (C=O) groups is 2. The molecule has 0 aliphatic carbocycles. The maximum atomic E-state index is 11.5. The summed E-state index contributed by atoms with van der Waals surface area (Å²) in [5.74, 6) is -1.37. The Bertz CT molecular complexity index is 342. The van der Waals surface area contributed by atoms with E-state index < -0.39 is 11.9 Å². The van der Waals surface area contributed by atoms with Crippen LogP contribution in [-0.4, -0.2) is 23.7 Å². The largest absolute Gasteiger partial charge is 0.478 e. The Morgan fingerprint density at radius 1 is 1.21 bits per heavy atom. The number of unbranched alkanes of at least 4 members (excludes halogenated alkanes) is 2. The van der Waals surface area contributed by atoms with Crippen LogP contribution in [0.25, 0.3) is 0 Å². The Labute approximate surface area is 115 Å². The van der Waals surface area contributed by atoms with Crippen molar-refractivity contribution >= 4 is 11.9 Å². The third kappa shape index (κ3) is 8.19. The normalized spacial score (nSPS) is 11.2. The molecule has 0 aromatic carbocycles. The molecule has 0 aliphatic rings. The zero-order valence-electron chi connectivity index (χ0n) is 11.9. The average molecular weight is 268 g/mol. The SMILES string of the molecule is C=C(CC=C(CCCC)C(=O)O)C(=O)OCCCC. The topological polar surface area (TPSA) is 63.6 Å². The van der Waals surface area contributed by atoms with E-state index in [1.807, 2.05) is 13.8 Å². The fraction of sp³-hybridized carbons (Fsp3) is 0.600. The summed E-state index contributed by atoms with van der Waals surface area (Å²) in [7, 11) is 0. The highest BCUT2D eigenvalue weighted by Crippen LogP contribution is 2.12. The van der Waals surface area contributed by atoms with Crippen molar-refractivity contribution < 1.29 is 19.4 Å². The number of hydrogen-bond donors (Lipinski definition) is 1. The van der Waals surface area contributed by atoms with Crippen LogP contribution in [-0.2, 0) is 14.3 Å². The monoisotopic (exact) mass is 268 g/mol. The molecule has 0 aromatic heterocycles. The fourth-order valence-corrected chi connectivity index (χ4v) is 1.40. The minimum absolute atomic E-state index is 0.232. The van der Waals surface area contributed by atoms with Crippen molar-refractivity contribution in [3.8, 4) is 0 Å². The van der Waals surface area contributed by atoms with E-state index in [-0.39, 0.29) is 6.42 Å². The molecule has 0 heterocycles. The quantitative estimate of drug-likeness (QED) is 0.374. The maximum absolute atomic E-state index is 11.5. The highest BCUT2D eigenvalue weighted by Gasteiger charge is 2.10. The molecule has 19 heavy (non-hydrogen) atoms. The first kappa shape index (κ1) is 17.4. The molecular weight excluding hydrogens is 244 g/mol. The van der Waals surface area contributed by atoms with Crippen LogP contribution in [0.2, 0.25) is 0 Å². The van der Waals surface area contributed by atoms with Crippen molar-refractivity contribution in [1.29, 1.82) is 0 Å². The van der Waals surface area contributed by atoms with Crippen LogP contribution in [0.1, 0.15) is 52.4 Å². The summed E-state index contributed by atoms with van der Waals surface area (Å²) in [6.07, 6.45) is 5.85. The van der Waals surface area contributed by atoms with Crippen LogP contribution in [0.4, 0.5) is 0 Å². The van der Waals surface area contributed by atoms with Gasteiger partial charge in [-0.1, -0.05) is 39.3 Å². The molecule has 0 rings (SSSR count). The number of hydrogen-bond acceptors (Lipinski definition) is 3. The summed E-state index contributed by atoms with van der Waals surface area (Å²) in [5.41, 5.74) is 0.635. The number of carboxylic acids is 1. The Balaban J connectivity index is 4.28.